The predicted molar refractivity (Wildman–Crippen MR) is 129 cm³/mol. The Morgan fingerprint density at radius 2 is 2.03 bits per heavy atom. The van der Waals surface area contributed by atoms with Crippen molar-refractivity contribution in [3.05, 3.63) is 41.2 Å². The highest BCUT2D eigenvalue weighted by atomic mass is 32.2. The number of rotatable bonds is 8. The van der Waals surface area contributed by atoms with Crippen LogP contribution in [0.4, 0.5) is 21.2 Å². The number of hydrogen-bond acceptors (Lipinski definition) is 8. The first-order chi connectivity index (χ1) is 15.9. The molecule has 0 spiro atoms. The second kappa shape index (κ2) is 10.6. The third-order valence-electron chi connectivity index (χ3n) is 5.03. The predicted octanol–water partition coefficient (Wildman–Crippen LogP) is 4.34. The molecular formula is C22H27FN6O2S2. The molecule has 1 aliphatic heterocycles. The SMILES string of the molecule is CC(=O)N(c1nc(CSc2nnc(N3CCOCC3)n2CC(C)C)cs1)c1ccccc1F. The highest BCUT2D eigenvalue weighted by Gasteiger charge is 2.23. The Morgan fingerprint density at radius 1 is 1.27 bits per heavy atom. The van der Waals surface area contributed by atoms with Crippen molar-refractivity contribution in [2.24, 2.45) is 5.92 Å². The summed E-state index contributed by atoms with van der Waals surface area (Å²) in [4.78, 5) is 20.4. The molecule has 176 valence electrons. The molecule has 3 heterocycles. The van der Waals surface area contributed by atoms with E-state index in [0.29, 0.717) is 30.0 Å². The van der Waals surface area contributed by atoms with Crippen molar-refractivity contribution in [2.45, 2.75) is 38.2 Å². The van der Waals surface area contributed by atoms with E-state index in [1.54, 1.807) is 30.0 Å². The summed E-state index contributed by atoms with van der Waals surface area (Å²) in [6.45, 7) is 9.53. The van der Waals surface area contributed by atoms with Crippen LogP contribution in [0.25, 0.3) is 0 Å². The number of halogens is 1. The summed E-state index contributed by atoms with van der Waals surface area (Å²) in [6.07, 6.45) is 0. The first-order valence-electron chi connectivity index (χ1n) is 10.8. The summed E-state index contributed by atoms with van der Waals surface area (Å²) in [5, 5.41) is 12.1. The van der Waals surface area contributed by atoms with Gasteiger partial charge in [0.25, 0.3) is 0 Å². The van der Waals surface area contributed by atoms with Gasteiger partial charge in [-0.25, -0.2) is 9.37 Å². The Kier molecular flexibility index (Phi) is 7.61. The number of aromatic nitrogens is 4. The molecule has 3 aromatic rings. The van der Waals surface area contributed by atoms with Crippen LogP contribution < -0.4 is 9.80 Å². The third-order valence-corrected chi connectivity index (χ3v) is 6.90. The largest absolute Gasteiger partial charge is 0.378 e. The molecule has 0 atom stereocenters. The maximum Gasteiger partial charge on any atom is 0.230 e. The summed E-state index contributed by atoms with van der Waals surface area (Å²) in [6, 6.07) is 6.21. The molecule has 0 saturated carbocycles. The van der Waals surface area contributed by atoms with Gasteiger partial charge in [-0.15, -0.1) is 21.5 Å². The number of morpholine rings is 1. The Bertz CT molecular complexity index is 1100. The van der Waals surface area contributed by atoms with E-state index in [-0.39, 0.29) is 11.6 Å². The monoisotopic (exact) mass is 490 g/mol. The van der Waals surface area contributed by atoms with Crippen LogP contribution in [-0.4, -0.2) is 52.0 Å². The lowest BCUT2D eigenvalue weighted by molar-refractivity contribution is -0.115. The van der Waals surface area contributed by atoms with Crippen LogP contribution in [0.3, 0.4) is 0 Å². The van der Waals surface area contributed by atoms with Gasteiger partial charge < -0.3 is 9.64 Å². The number of benzene rings is 1. The molecule has 0 radical (unpaired) electrons. The summed E-state index contributed by atoms with van der Waals surface area (Å²) in [7, 11) is 0. The Hall–Kier alpha value is -2.50. The zero-order chi connectivity index (χ0) is 23.4. The van der Waals surface area contributed by atoms with Crippen molar-refractivity contribution in [2.75, 3.05) is 36.1 Å². The minimum atomic E-state index is -0.462. The number of para-hydroxylation sites is 1. The number of carbonyl (C=O) groups is 1. The highest BCUT2D eigenvalue weighted by molar-refractivity contribution is 7.98. The van der Waals surface area contributed by atoms with Gasteiger partial charge in [-0.1, -0.05) is 37.7 Å². The van der Waals surface area contributed by atoms with Crippen LogP contribution in [0.5, 0.6) is 0 Å². The summed E-state index contributed by atoms with van der Waals surface area (Å²) >= 11 is 2.87. The van der Waals surface area contributed by atoms with Crippen molar-refractivity contribution in [3.8, 4) is 0 Å². The smallest absolute Gasteiger partial charge is 0.230 e. The zero-order valence-electron chi connectivity index (χ0n) is 18.9. The minimum absolute atomic E-state index is 0.199. The van der Waals surface area contributed by atoms with Gasteiger partial charge in [0.15, 0.2) is 10.3 Å². The van der Waals surface area contributed by atoms with Gasteiger partial charge in [-0.3, -0.25) is 14.3 Å². The van der Waals surface area contributed by atoms with Crippen LogP contribution in [0, 0.1) is 11.7 Å². The van der Waals surface area contributed by atoms with E-state index in [2.05, 4.69) is 38.5 Å². The van der Waals surface area contributed by atoms with Crippen LogP contribution in [0.1, 0.15) is 26.5 Å². The van der Waals surface area contributed by atoms with Gasteiger partial charge in [0.2, 0.25) is 11.9 Å². The fourth-order valence-corrected chi connectivity index (χ4v) is 5.37. The average Bonchev–Trinajstić information content (AvgIpc) is 3.41. The van der Waals surface area contributed by atoms with Gasteiger partial charge >= 0.3 is 0 Å². The lowest BCUT2D eigenvalue weighted by Gasteiger charge is -2.28. The van der Waals surface area contributed by atoms with Crippen molar-refractivity contribution in [1.29, 1.82) is 0 Å². The standard InChI is InChI=1S/C22H27FN6O2S2/c1-15(2)12-28-20(27-8-10-31-11-9-27)25-26-22(28)33-14-17-13-32-21(24-17)29(16(3)30)19-7-5-4-6-18(19)23/h4-7,13,15H,8-12,14H2,1-3H3. The minimum Gasteiger partial charge on any atom is -0.378 e. The Labute approximate surface area is 200 Å². The second-order valence-corrected chi connectivity index (χ2v) is 9.88. The molecule has 1 fully saturated rings. The number of thioether (sulfide) groups is 1. The van der Waals surface area contributed by atoms with E-state index in [4.69, 9.17) is 4.74 Å². The van der Waals surface area contributed by atoms with Crippen LogP contribution >= 0.6 is 23.1 Å². The molecule has 4 rings (SSSR count). The molecule has 11 heteroatoms. The molecule has 0 N–H and O–H groups in total. The van der Waals surface area contributed by atoms with Crippen molar-refractivity contribution in [1.82, 2.24) is 19.7 Å². The van der Waals surface area contributed by atoms with Gasteiger partial charge in [-0.2, -0.15) is 0 Å². The van der Waals surface area contributed by atoms with Crippen LogP contribution in [0.2, 0.25) is 0 Å². The molecule has 1 aromatic carbocycles. The molecule has 1 aliphatic rings. The average molecular weight is 491 g/mol. The second-order valence-electron chi connectivity index (χ2n) is 8.10. The number of nitrogens with zero attached hydrogens (tertiary/aromatic N) is 6. The molecule has 1 saturated heterocycles. The van der Waals surface area contributed by atoms with E-state index in [9.17, 15) is 9.18 Å². The fraction of sp³-hybridized carbons (Fsp3) is 0.455. The van der Waals surface area contributed by atoms with E-state index >= 15 is 0 Å². The van der Waals surface area contributed by atoms with Gasteiger partial charge in [0, 0.05) is 37.7 Å². The quantitative estimate of drug-likeness (QED) is 0.435. The summed E-state index contributed by atoms with van der Waals surface area (Å²) < 4.78 is 21.9. The summed E-state index contributed by atoms with van der Waals surface area (Å²) in [5.41, 5.74) is 1.000. The number of carbonyl (C=O) groups excluding carboxylic acids is 1. The maximum atomic E-state index is 14.3. The molecule has 8 nitrogen and oxygen atoms in total. The van der Waals surface area contributed by atoms with Crippen LogP contribution in [0.15, 0.2) is 34.8 Å². The zero-order valence-corrected chi connectivity index (χ0v) is 20.5. The molecule has 0 unspecified atom stereocenters. The maximum absolute atomic E-state index is 14.3. The Morgan fingerprint density at radius 3 is 2.73 bits per heavy atom. The normalized spacial score (nSPS) is 14.2. The van der Waals surface area contributed by atoms with Crippen LogP contribution in [-0.2, 0) is 21.8 Å². The van der Waals surface area contributed by atoms with Gasteiger partial charge in [0.05, 0.1) is 24.6 Å². The molecule has 0 aliphatic carbocycles. The van der Waals surface area contributed by atoms with Crippen molar-refractivity contribution >= 4 is 45.8 Å². The van der Waals surface area contributed by atoms with Crippen molar-refractivity contribution < 1.29 is 13.9 Å². The fourth-order valence-electron chi connectivity index (χ4n) is 3.55. The molecular weight excluding hydrogens is 463 g/mol. The van der Waals surface area contributed by atoms with Crippen molar-refractivity contribution in [3.63, 3.8) is 0 Å². The number of hydrogen-bond donors (Lipinski definition) is 0. The molecule has 33 heavy (non-hydrogen) atoms. The van der Waals surface area contributed by atoms with E-state index in [1.165, 1.54) is 29.2 Å². The first kappa shape index (κ1) is 23.7. The number of ether oxygens (including phenoxy) is 1. The lowest BCUT2D eigenvalue weighted by atomic mass is 10.2. The molecule has 0 bridgehead atoms. The summed E-state index contributed by atoms with van der Waals surface area (Å²) in [5.74, 6) is 1.13. The Balaban J connectivity index is 1.51. The highest BCUT2D eigenvalue weighted by Crippen LogP contribution is 2.33. The third kappa shape index (κ3) is 5.53. The van der Waals surface area contributed by atoms with E-state index in [1.807, 2.05) is 5.38 Å². The number of anilines is 3. The van der Waals surface area contributed by atoms with E-state index in [0.717, 1.165) is 36.4 Å². The lowest BCUT2D eigenvalue weighted by Crippen LogP contribution is -2.38. The van der Waals surface area contributed by atoms with Gasteiger partial charge in [-0.05, 0) is 18.1 Å². The topological polar surface area (TPSA) is 76.4 Å². The number of amides is 1. The molecule has 2 aromatic heterocycles. The molecule has 1 amide bonds. The first-order valence-corrected chi connectivity index (χ1v) is 12.7. The van der Waals surface area contributed by atoms with E-state index < -0.39 is 5.82 Å². The van der Waals surface area contributed by atoms with Gasteiger partial charge in [0.1, 0.15) is 5.82 Å². The number of thiazole rings is 1.